The van der Waals surface area contributed by atoms with E-state index >= 15 is 0 Å². The van der Waals surface area contributed by atoms with Crippen LogP contribution in [-0.4, -0.2) is 23.2 Å². The smallest absolute Gasteiger partial charge is 0.283 e. The van der Waals surface area contributed by atoms with Crippen LogP contribution in [0, 0.1) is 0 Å². The Morgan fingerprint density at radius 2 is 1.41 bits per heavy atom. The van der Waals surface area contributed by atoms with Gasteiger partial charge >= 0.3 is 0 Å². The molecule has 152 valence electrons. The standard InChI is InChI=1S/C19H12Cl4O5S/c20-11-6-4-10(5-7-11)19(29(26,27)28,12-2-1-3-14(22)18(12)25)16-13(21)8-9-15(24)17(16)23/h1-9,24-25H,(H,26,27,28). The Bertz CT molecular complexity index is 1200. The molecule has 0 aliphatic rings. The largest absolute Gasteiger partial charge is 0.506 e. The van der Waals surface area contributed by atoms with Crippen molar-refractivity contribution in [1.82, 2.24) is 0 Å². The zero-order chi connectivity index (χ0) is 21.6. The van der Waals surface area contributed by atoms with Crippen molar-refractivity contribution in [3.8, 4) is 11.5 Å². The highest BCUT2D eigenvalue weighted by atomic mass is 35.5. The van der Waals surface area contributed by atoms with Gasteiger partial charge in [-0.25, -0.2) is 0 Å². The predicted molar refractivity (Wildman–Crippen MR) is 114 cm³/mol. The van der Waals surface area contributed by atoms with Gasteiger partial charge < -0.3 is 10.2 Å². The Hall–Kier alpha value is -1.67. The number of hydrogen-bond acceptors (Lipinski definition) is 4. The van der Waals surface area contributed by atoms with E-state index in [1.165, 1.54) is 54.6 Å². The second kappa shape index (κ2) is 7.87. The minimum Gasteiger partial charge on any atom is -0.506 e. The maximum absolute atomic E-state index is 13.0. The number of hydrogen-bond donors (Lipinski definition) is 3. The van der Waals surface area contributed by atoms with Crippen molar-refractivity contribution in [3.63, 3.8) is 0 Å². The molecule has 3 N–H and O–H groups in total. The minimum atomic E-state index is -5.14. The highest BCUT2D eigenvalue weighted by Gasteiger charge is 2.53. The van der Waals surface area contributed by atoms with Gasteiger partial charge in [0.15, 0.2) is 4.75 Å². The number of phenols is 2. The van der Waals surface area contributed by atoms with Crippen LogP contribution >= 0.6 is 46.4 Å². The summed E-state index contributed by atoms with van der Waals surface area (Å²) < 4.78 is 33.9. The molecule has 3 aromatic rings. The molecule has 0 saturated heterocycles. The Balaban J connectivity index is 2.65. The predicted octanol–water partition coefficient (Wildman–Crippen LogP) is 5.89. The van der Waals surface area contributed by atoms with Crippen molar-refractivity contribution in [3.05, 3.63) is 91.4 Å². The van der Waals surface area contributed by atoms with E-state index in [2.05, 4.69) is 0 Å². The molecule has 3 rings (SSSR count). The molecule has 0 saturated carbocycles. The van der Waals surface area contributed by atoms with Crippen LogP contribution in [0.4, 0.5) is 0 Å². The van der Waals surface area contributed by atoms with Gasteiger partial charge in [0.05, 0.1) is 10.0 Å². The highest BCUT2D eigenvalue weighted by Crippen LogP contribution is 2.53. The van der Waals surface area contributed by atoms with Crippen LogP contribution in [-0.2, 0) is 14.9 Å². The van der Waals surface area contributed by atoms with E-state index < -0.39 is 31.4 Å². The molecule has 0 aliphatic heterocycles. The van der Waals surface area contributed by atoms with Gasteiger partial charge in [0.25, 0.3) is 10.1 Å². The van der Waals surface area contributed by atoms with Crippen molar-refractivity contribution in [2.24, 2.45) is 0 Å². The molecule has 3 aromatic carbocycles. The minimum absolute atomic E-state index is 0.0450. The third-order valence-corrected chi connectivity index (χ3v) is 7.11. The first-order chi connectivity index (χ1) is 13.5. The normalized spacial score (nSPS) is 13.8. The summed E-state index contributed by atoms with van der Waals surface area (Å²) in [5.41, 5.74) is -0.719. The van der Waals surface area contributed by atoms with Crippen LogP contribution in [0.25, 0.3) is 0 Å². The summed E-state index contributed by atoms with van der Waals surface area (Å²) in [6.45, 7) is 0. The number of para-hydroxylation sites is 1. The van der Waals surface area contributed by atoms with E-state index in [1.54, 1.807) is 0 Å². The number of benzene rings is 3. The zero-order valence-electron chi connectivity index (χ0n) is 14.3. The molecule has 5 nitrogen and oxygen atoms in total. The molecule has 1 atom stereocenters. The maximum atomic E-state index is 13.0. The Morgan fingerprint density at radius 3 is 2.00 bits per heavy atom. The molecule has 0 bridgehead atoms. The molecule has 0 fully saturated rings. The number of halogens is 4. The van der Waals surface area contributed by atoms with Crippen LogP contribution in [0.2, 0.25) is 20.1 Å². The molecule has 0 radical (unpaired) electrons. The summed E-state index contributed by atoms with van der Waals surface area (Å²) in [4.78, 5) is 0. The lowest BCUT2D eigenvalue weighted by Crippen LogP contribution is -2.39. The van der Waals surface area contributed by atoms with Crippen LogP contribution < -0.4 is 0 Å². The van der Waals surface area contributed by atoms with Crippen LogP contribution in [0.1, 0.15) is 16.7 Å². The Labute approximate surface area is 186 Å². The number of phenolic OH excluding ortho intramolecular Hbond substituents is 2. The topological polar surface area (TPSA) is 94.8 Å². The highest BCUT2D eigenvalue weighted by molar-refractivity contribution is 7.87. The van der Waals surface area contributed by atoms with Gasteiger partial charge in [0.1, 0.15) is 11.5 Å². The first kappa shape index (κ1) is 22.0. The van der Waals surface area contributed by atoms with Gasteiger partial charge in [-0.05, 0) is 35.9 Å². The quantitative estimate of drug-likeness (QED) is 0.311. The van der Waals surface area contributed by atoms with Gasteiger partial charge in [-0.3, -0.25) is 4.55 Å². The van der Waals surface area contributed by atoms with E-state index in [0.29, 0.717) is 5.02 Å². The van der Waals surface area contributed by atoms with E-state index in [9.17, 15) is 23.2 Å². The van der Waals surface area contributed by atoms with Crippen LogP contribution in [0.15, 0.2) is 54.6 Å². The fraction of sp³-hybridized carbons (Fsp3) is 0.0526. The number of rotatable bonds is 4. The Kier molecular flexibility index (Phi) is 5.98. The summed E-state index contributed by atoms with van der Waals surface area (Å²) in [7, 11) is -5.14. The SMILES string of the molecule is O=S(=O)(O)C(c1ccc(Cl)cc1)(c1cccc(Cl)c1O)c1c(Cl)ccc(O)c1Cl. The maximum Gasteiger partial charge on any atom is 0.283 e. The average molecular weight is 494 g/mol. The van der Waals surface area contributed by atoms with E-state index in [0.717, 1.165) is 0 Å². The molecule has 0 amide bonds. The van der Waals surface area contributed by atoms with Crippen molar-refractivity contribution in [2.45, 2.75) is 4.75 Å². The molecule has 29 heavy (non-hydrogen) atoms. The molecular weight excluding hydrogens is 482 g/mol. The summed E-state index contributed by atoms with van der Waals surface area (Å²) in [6.07, 6.45) is 0. The molecule has 0 aliphatic carbocycles. The third-order valence-electron chi connectivity index (χ3n) is 4.43. The van der Waals surface area contributed by atoms with Gasteiger partial charge in [-0.1, -0.05) is 70.7 Å². The molecule has 10 heteroatoms. The van der Waals surface area contributed by atoms with Gasteiger partial charge in [0, 0.05) is 21.2 Å². The summed E-state index contributed by atoms with van der Waals surface area (Å²) in [5, 5.41) is 20.3. The second-order valence-electron chi connectivity index (χ2n) is 6.05. The summed E-state index contributed by atoms with van der Waals surface area (Å²) in [5.74, 6) is -1.09. The Morgan fingerprint density at radius 1 is 0.793 bits per heavy atom. The van der Waals surface area contributed by atoms with E-state index in [-0.39, 0.29) is 26.7 Å². The molecular formula is C19H12Cl4O5S. The van der Waals surface area contributed by atoms with Gasteiger partial charge in [0.2, 0.25) is 0 Å². The second-order valence-corrected chi connectivity index (χ2v) is 9.25. The van der Waals surface area contributed by atoms with E-state index in [1.807, 2.05) is 0 Å². The first-order valence-electron chi connectivity index (χ1n) is 7.90. The van der Waals surface area contributed by atoms with Gasteiger partial charge in [-0.2, -0.15) is 8.42 Å². The lowest BCUT2D eigenvalue weighted by atomic mass is 9.83. The van der Waals surface area contributed by atoms with Gasteiger partial charge in [-0.15, -0.1) is 0 Å². The fourth-order valence-corrected chi connectivity index (χ4v) is 5.61. The van der Waals surface area contributed by atoms with E-state index in [4.69, 9.17) is 46.4 Å². The third kappa shape index (κ3) is 3.54. The molecule has 0 heterocycles. The molecule has 0 aromatic heterocycles. The van der Waals surface area contributed by atoms with Crippen molar-refractivity contribution < 1.29 is 23.2 Å². The fourth-order valence-electron chi connectivity index (χ4n) is 3.20. The zero-order valence-corrected chi connectivity index (χ0v) is 18.1. The lowest BCUT2D eigenvalue weighted by Gasteiger charge is -2.34. The van der Waals surface area contributed by atoms with Crippen molar-refractivity contribution in [1.29, 1.82) is 0 Å². The lowest BCUT2D eigenvalue weighted by molar-refractivity contribution is 0.439. The first-order valence-corrected chi connectivity index (χ1v) is 10.9. The van der Waals surface area contributed by atoms with Crippen LogP contribution in [0.5, 0.6) is 11.5 Å². The van der Waals surface area contributed by atoms with Crippen molar-refractivity contribution in [2.75, 3.05) is 0 Å². The summed E-state index contributed by atoms with van der Waals surface area (Å²) >= 11 is 24.5. The van der Waals surface area contributed by atoms with Crippen LogP contribution in [0.3, 0.4) is 0 Å². The summed E-state index contributed by atoms with van der Waals surface area (Å²) in [6, 6.07) is 11.8. The van der Waals surface area contributed by atoms with Crippen molar-refractivity contribution >= 4 is 56.5 Å². The average Bonchev–Trinajstić information content (AvgIpc) is 2.65. The molecule has 0 spiro atoms. The number of aromatic hydroxyl groups is 2. The molecule has 1 unspecified atom stereocenters. The monoisotopic (exact) mass is 492 g/mol.